The van der Waals surface area contributed by atoms with E-state index < -0.39 is 11.8 Å². The topological polar surface area (TPSA) is 83.0 Å². The summed E-state index contributed by atoms with van der Waals surface area (Å²) < 4.78 is 23.0. The van der Waals surface area contributed by atoms with Crippen molar-refractivity contribution in [3.63, 3.8) is 0 Å². The van der Waals surface area contributed by atoms with Crippen molar-refractivity contribution < 1.29 is 23.7 Å². The highest BCUT2D eigenvalue weighted by Gasteiger charge is 2.48. The number of rotatable bonds is 7. The summed E-state index contributed by atoms with van der Waals surface area (Å²) in [5.74, 6) is 2.11. The molecule has 1 aliphatic rings. The van der Waals surface area contributed by atoms with Crippen molar-refractivity contribution in [2.24, 2.45) is 0 Å². The molecule has 2 heterocycles. The summed E-state index contributed by atoms with van der Waals surface area (Å²) in [6, 6.07) is 13.0. The van der Waals surface area contributed by atoms with E-state index in [1.54, 1.807) is 51.6 Å². The van der Waals surface area contributed by atoms with Crippen LogP contribution in [0, 0.1) is 0 Å². The van der Waals surface area contributed by atoms with Crippen LogP contribution in [0.25, 0.3) is 0 Å². The van der Waals surface area contributed by atoms with Gasteiger partial charge in [0.15, 0.2) is 6.23 Å². The number of aromatic nitrogens is 2. The van der Waals surface area contributed by atoms with E-state index in [4.69, 9.17) is 18.9 Å². The lowest BCUT2D eigenvalue weighted by Gasteiger charge is -2.26. The van der Waals surface area contributed by atoms with Crippen LogP contribution in [0.15, 0.2) is 61.1 Å². The van der Waals surface area contributed by atoms with Crippen LogP contribution in [0.5, 0.6) is 23.1 Å². The van der Waals surface area contributed by atoms with Crippen molar-refractivity contribution >= 4 is 5.91 Å². The van der Waals surface area contributed by atoms with Gasteiger partial charge in [0.1, 0.15) is 22.8 Å². The average molecular weight is 435 g/mol. The smallest absolute Gasteiger partial charge is 0.256 e. The number of ether oxygens (including phenoxy) is 4. The predicted octanol–water partition coefficient (Wildman–Crippen LogP) is 4.12. The first-order chi connectivity index (χ1) is 15.4. The molecule has 0 saturated carbocycles. The SMILES string of the molecule is COc1cccc(OC)c1C1OC(C)(C)C(=O)N1Cc1ccc(Oc2cnccn2)cc1. The minimum atomic E-state index is -0.981. The number of carbonyl (C=O) groups is 1. The molecule has 8 heteroatoms. The molecule has 3 aromatic rings. The highest BCUT2D eigenvalue weighted by atomic mass is 16.6. The van der Waals surface area contributed by atoms with Crippen molar-refractivity contribution in [3.05, 3.63) is 72.2 Å². The molecule has 0 N–H and O–H groups in total. The van der Waals surface area contributed by atoms with Crippen LogP contribution in [0.4, 0.5) is 0 Å². The van der Waals surface area contributed by atoms with Gasteiger partial charge in [-0.25, -0.2) is 4.98 Å². The number of methoxy groups -OCH3 is 2. The number of hydrogen-bond acceptors (Lipinski definition) is 7. The van der Waals surface area contributed by atoms with Gasteiger partial charge >= 0.3 is 0 Å². The van der Waals surface area contributed by atoms with Gasteiger partial charge in [-0.3, -0.25) is 9.78 Å². The Hall–Kier alpha value is -3.65. The van der Waals surface area contributed by atoms with Crippen LogP contribution in [0.3, 0.4) is 0 Å². The van der Waals surface area contributed by atoms with Gasteiger partial charge in [-0.1, -0.05) is 18.2 Å². The van der Waals surface area contributed by atoms with Crippen LogP contribution >= 0.6 is 0 Å². The fraction of sp³-hybridized carbons (Fsp3) is 0.292. The lowest BCUT2D eigenvalue weighted by molar-refractivity contribution is -0.134. The lowest BCUT2D eigenvalue weighted by atomic mass is 10.1. The average Bonchev–Trinajstić information content (AvgIpc) is 3.03. The Balaban J connectivity index is 1.61. The molecule has 1 amide bonds. The monoisotopic (exact) mass is 435 g/mol. The maximum atomic E-state index is 13.2. The second kappa shape index (κ2) is 8.84. The van der Waals surface area contributed by atoms with Gasteiger partial charge in [-0.15, -0.1) is 0 Å². The van der Waals surface area contributed by atoms with E-state index in [0.717, 1.165) is 5.56 Å². The molecule has 0 aliphatic carbocycles. The van der Waals surface area contributed by atoms with E-state index >= 15 is 0 Å². The number of benzene rings is 2. The van der Waals surface area contributed by atoms with Crippen molar-refractivity contribution in [2.45, 2.75) is 32.2 Å². The molecule has 0 radical (unpaired) electrons. The molecule has 0 bridgehead atoms. The van der Waals surface area contributed by atoms with Gasteiger partial charge in [-0.05, 0) is 43.7 Å². The number of nitrogens with zero attached hydrogens (tertiary/aromatic N) is 3. The first-order valence-corrected chi connectivity index (χ1v) is 10.2. The Morgan fingerprint density at radius 3 is 2.31 bits per heavy atom. The second-order valence-electron chi connectivity index (χ2n) is 7.78. The Kier molecular flexibility index (Phi) is 5.96. The van der Waals surface area contributed by atoms with Crippen molar-refractivity contribution in [2.75, 3.05) is 14.2 Å². The molecular weight excluding hydrogens is 410 g/mol. The molecule has 1 saturated heterocycles. The minimum Gasteiger partial charge on any atom is -0.496 e. The molecule has 166 valence electrons. The first-order valence-electron chi connectivity index (χ1n) is 10.2. The van der Waals surface area contributed by atoms with Crippen LogP contribution < -0.4 is 14.2 Å². The number of hydrogen-bond donors (Lipinski definition) is 0. The fourth-order valence-electron chi connectivity index (χ4n) is 3.66. The maximum absolute atomic E-state index is 13.2. The van der Waals surface area contributed by atoms with Gasteiger partial charge in [0.05, 0.1) is 26.0 Å². The van der Waals surface area contributed by atoms with Crippen LogP contribution in [0.1, 0.15) is 31.2 Å². The zero-order valence-electron chi connectivity index (χ0n) is 18.4. The summed E-state index contributed by atoms with van der Waals surface area (Å²) in [6.45, 7) is 3.88. The van der Waals surface area contributed by atoms with Crippen LogP contribution in [0.2, 0.25) is 0 Å². The van der Waals surface area contributed by atoms with E-state index in [1.807, 2.05) is 42.5 Å². The lowest BCUT2D eigenvalue weighted by Crippen LogP contribution is -2.35. The summed E-state index contributed by atoms with van der Waals surface area (Å²) in [4.78, 5) is 23.0. The Labute approximate surface area is 186 Å². The largest absolute Gasteiger partial charge is 0.496 e. The van der Waals surface area contributed by atoms with E-state index in [0.29, 0.717) is 35.2 Å². The normalized spacial score (nSPS) is 17.3. The first kappa shape index (κ1) is 21.6. The molecule has 4 rings (SSSR count). The second-order valence-corrected chi connectivity index (χ2v) is 7.78. The number of carbonyl (C=O) groups excluding carboxylic acids is 1. The van der Waals surface area contributed by atoms with Crippen molar-refractivity contribution in [1.82, 2.24) is 14.9 Å². The molecule has 8 nitrogen and oxygen atoms in total. The van der Waals surface area contributed by atoms with Crippen LogP contribution in [-0.2, 0) is 16.1 Å². The highest BCUT2D eigenvalue weighted by molar-refractivity contribution is 5.86. The van der Waals surface area contributed by atoms with Gasteiger partial charge in [0, 0.05) is 18.9 Å². The Bertz CT molecular complexity index is 1060. The van der Waals surface area contributed by atoms with Gasteiger partial charge in [-0.2, -0.15) is 0 Å². The molecule has 1 atom stereocenters. The molecule has 0 spiro atoms. The molecule has 32 heavy (non-hydrogen) atoms. The summed E-state index contributed by atoms with van der Waals surface area (Å²) in [5, 5.41) is 0. The van der Waals surface area contributed by atoms with Gasteiger partial charge in [0.2, 0.25) is 5.88 Å². The van der Waals surface area contributed by atoms with E-state index in [1.165, 1.54) is 0 Å². The zero-order valence-corrected chi connectivity index (χ0v) is 18.4. The molecule has 1 fully saturated rings. The van der Waals surface area contributed by atoms with Crippen LogP contribution in [-0.4, -0.2) is 40.6 Å². The summed E-state index contributed by atoms with van der Waals surface area (Å²) in [7, 11) is 3.17. The van der Waals surface area contributed by atoms with Gasteiger partial charge in [0.25, 0.3) is 5.91 Å². The zero-order chi connectivity index (χ0) is 22.7. The third-order valence-corrected chi connectivity index (χ3v) is 5.22. The van der Waals surface area contributed by atoms with E-state index in [-0.39, 0.29) is 5.91 Å². The van der Waals surface area contributed by atoms with E-state index in [2.05, 4.69) is 9.97 Å². The maximum Gasteiger partial charge on any atom is 0.256 e. The number of amides is 1. The highest BCUT2D eigenvalue weighted by Crippen LogP contribution is 2.45. The summed E-state index contributed by atoms with van der Waals surface area (Å²) >= 11 is 0. The summed E-state index contributed by atoms with van der Waals surface area (Å²) in [6.07, 6.45) is 4.04. The molecule has 1 aromatic heterocycles. The van der Waals surface area contributed by atoms with Gasteiger partial charge < -0.3 is 23.8 Å². The molecule has 1 unspecified atom stereocenters. The molecule has 2 aromatic carbocycles. The van der Waals surface area contributed by atoms with Crippen molar-refractivity contribution in [1.29, 1.82) is 0 Å². The molecular formula is C24H25N3O5. The summed E-state index contributed by atoms with van der Waals surface area (Å²) in [5.41, 5.74) is 0.620. The Morgan fingerprint density at radius 1 is 1.03 bits per heavy atom. The standard InChI is InChI=1S/C24H25N3O5/c1-24(2)23(28)27(22(32-24)21-18(29-3)6-5-7-19(21)30-4)15-16-8-10-17(11-9-16)31-20-14-25-12-13-26-20/h5-14,22H,15H2,1-4H3. The minimum absolute atomic E-state index is 0.115. The Morgan fingerprint density at radius 2 is 1.72 bits per heavy atom. The van der Waals surface area contributed by atoms with E-state index in [9.17, 15) is 4.79 Å². The molecule has 1 aliphatic heterocycles. The fourth-order valence-corrected chi connectivity index (χ4v) is 3.66. The van der Waals surface area contributed by atoms with Crippen molar-refractivity contribution in [3.8, 4) is 23.1 Å². The third kappa shape index (κ3) is 4.22. The quantitative estimate of drug-likeness (QED) is 0.552. The predicted molar refractivity (Wildman–Crippen MR) is 117 cm³/mol. The third-order valence-electron chi connectivity index (χ3n) is 5.22.